The number of hydrogen-bond acceptors (Lipinski definition) is 2. The molecule has 2 heterocycles. The number of nitrogens with one attached hydrogen (secondary N) is 1. The van der Waals surface area contributed by atoms with Gasteiger partial charge in [0.1, 0.15) is 5.82 Å². The fourth-order valence-electron chi connectivity index (χ4n) is 5.03. The van der Waals surface area contributed by atoms with Crippen LogP contribution in [0.4, 0.5) is 4.39 Å². The summed E-state index contributed by atoms with van der Waals surface area (Å²) in [7, 11) is 0. The first-order chi connectivity index (χ1) is 18.5. The summed E-state index contributed by atoms with van der Waals surface area (Å²) >= 11 is 0. The van der Waals surface area contributed by atoms with E-state index in [-0.39, 0.29) is 18.1 Å². The number of hydrogen-bond donors (Lipinski definition) is 1. The zero-order chi connectivity index (χ0) is 26.5. The summed E-state index contributed by atoms with van der Waals surface area (Å²) in [6.45, 7) is 5.21. The number of benzene rings is 3. The Morgan fingerprint density at radius 2 is 1.68 bits per heavy atom. The predicted molar refractivity (Wildman–Crippen MR) is 151 cm³/mol. The van der Waals surface area contributed by atoms with Crippen LogP contribution in [0, 0.1) is 19.7 Å². The Hall–Kier alpha value is -4.25. The largest absolute Gasteiger partial charge is 0.356 e. The maximum atomic E-state index is 15.3. The topological polar surface area (TPSA) is 46.9 Å². The standard InChI is InChI=1S/C33H32FN3O/c1-23-10-13-25(14-11-23)21-37-22-30(27-8-3-4-9-32(27)37)28(29-19-24(2)12-15-31(29)34)20-33(38)36-18-16-26-7-5-6-17-35-26/h3-15,17,19,22,28H,16,18,20-21H2,1-2H3,(H,36,38). The van der Waals surface area contributed by atoms with Crippen LogP contribution in [-0.4, -0.2) is 22.0 Å². The summed E-state index contributed by atoms with van der Waals surface area (Å²) in [6, 6.07) is 27.6. The number of aromatic nitrogens is 2. The number of amides is 1. The molecule has 0 fully saturated rings. The first-order valence-electron chi connectivity index (χ1n) is 13.0. The van der Waals surface area contributed by atoms with Crippen LogP contribution >= 0.6 is 0 Å². The number of carbonyl (C=O) groups excluding carboxylic acids is 1. The highest BCUT2D eigenvalue weighted by molar-refractivity contribution is 5.87. The van der Waals surface area contributed by atoms with E-state index < -0.39 is 5.92 Å². The lowest BCUT2D eigenvalue weighted by Gasteiger charge is -2.19. The summed E-state index contributed by atoms with van der Waals surface area (Å²) in [5.74, 6) is -0.826. The van der Waals surface area contributed by atoms with Crippen molar-refractivity contribution in [2.75, 3.05) is 6.54 Å². The lowest BCUT2D eigenvalue weighted by Crippen LogP contribution is -2.27. The second kappa shape index (κ2) is 11.4. The molecular formula is C33H32FN3O. The normalized spacial score (nSPS) is 12.0. The van der Waals surface area contributed by atoms with Gasteiger partial charge in [-0.15, -0.1) is 0 Å². The third-order valence-corrected chi connectivity index (χ3v) is 7.01. The van der Waals surface area contributed by atoms with Crippen molar-refractivity contribution in [3.8, 4) is 0 Å². The lowest BCUT2D eigenvalue weighted by molar-refractivity contribution is -0.121. The third kappa shape index (κ3) is 5.83. The molecule has 0 aliphatic heterocycles. The van der Waals surface area contributed by atoms with Crippen molar-refractivity contribution >= 4 is 16.8 Å². The number of carbonyl (C=O) groups is 1. The van der Waals surface area contributed by atoms with Crippen molar-refractivity contribution in [2.24, 2.45) is 0 Å². The van der Waals surface area contributed by atoms with Crippen molar-refractivity contribution in [3.05, 3.63) is 137 Å². The number of pyridine rings is 1. The van der Waals surface area contributed by atoms with Gasteiger partial charge in [0, 0.05) is 60.8 Å². The molecule has 0 spiro atoms. The van der Waals surface area contributed by atoms with Gasteiger partial charge >= 0.3 is 0 Å². The fourth-order valence-corrected chi connectivity index (χ4v) is 5.03. The summed E-state index contributed by atoms with van der Waals surface area (Å²) in [5.41, 5.74) is 6.86. The van der Waals surface area contributed by atoms with E-state index in [1.807, 2.05) is 43.3 Å². The second-order valence-electron chi connectivity index (χ2n) is 9.92. The zero-order valence-corrected chi connectivity index (χ0v) is 21.8. The van der Waals surface area contributed by atoms with Gasteiger partial charge in [-0.1, -0.05) is 71.8 Å². The number of nitrogens with zero attached hydrogens (tertiary/aromatic N) is 2. The molecule has 0 radical (unpaired) electrons. The molecule has 192 valence electrons. The highest BCUT2D eigenvalue weighted by atomic mass is 19.1. The molecule has 0 saturated heterocycles. The van der Waals surface area contributed by atoms with Crippen LogP contribution in [0.25, 0.3) is 10.9 Å². The Balaban J connectivity index is 1.48. The number of rotatable bonds is 9. The molecule has 5 rings (SSSR count). The molecule has 0 aliphatic carbocycles. The first kappa shape index (κ1) is 25.4. The summed E-state index contributed by atoms with van der Waals surface area (Å²) in [5, 5.41) is 4.06. The molecule has 1 atom stereocenters. The summed E-state index contributed by atoms with van der Waals surface area (Å²) in [4.78, 5) is 17.5. The molecule has 0 bridgehead atoms. The lowest BCUT2D eigenvalue weighted by atomic mass is 9.87. The molecule has 5 aromatic rings. The van der Waals surface area contributed by atoms with Crippen LogP contribution in [0.1, 0.15) is 45.8 Å². The summed E-state index contributed by atoms with van der Waals surface area (Å²) in [6.07, 6.45) is 4.64. The van der Waals surface area contributed by atoms with Crippen LogP contribution < -0.4 is 5.32 Å². The minimum atomic E-state index is -0.422. The third-order valence-electron chi connectivity index (χ3n) is 7.01. The Kier molecular flexibility index (Phi) is 7.64. The van der Waals surface area contributed by atoms with Crippen LogP contribution in [0.15, 0.2) is 97.3 Å². The highest BCUT2D eigenvalue weighted by Crippen LogP contribution is 2.36. The van der Waals surface area contributed by atoms with E-state index in [9.17, 15) is 4.79 Å². The van der Waals surface area contributed by atoms with Gasteiger partial charge < -0.3 is 9.88 Å². The molecule has 0 aliphatic rings. The number of halogens is 1. The van der Waals surface area contributed by atoms with E-state index in [2.05, 4.69) is 64.4 Å². The minimum absolute atomic E-state index is 0.109. The van der Waals surface area contributed by atoms with Crippen molar-refractivity contribution in [1.29, 1.82) is 0 Å². The average Bonchev–Trinajstić information content (AvgIpc) is 3.29. The summed E-state index contributed by atoms with van der Waals surface area (Å²) < 4.78 is 17.5. The van der Waals surface area contributed by atoms with Gasteiger partial charge in [0.05, 0.1) is 0 Å². The van der Waals surface area contributed by atoms with Gasteiger partial charge in [-0.05, 0) is 54.8 Å². The maximum Gasteiger partial charge on any atom is 0.220 e. The monoisotopic (exact) mass is 505 g/mol. The van der Waals surface area contributed by atoms with Crippen LogP contribution in [0.3, 0.4) is 0 Å². The van der Waals surface area contributed by atoms with E-state index in [1.54, 1.807) is 12.3 Å². The quantitative estimate of drug-likeness (QED) is 0.242. The molecule has 1 unspecified atom stereocenters. The Labute approximate surface area is 223 Å². The maximum absolute atomic E-state index is 15.3. The number of aryl methyl sites for hydroxylation is 2. The van der Waals surface area contributed by atoms with Crippen LogP contribution in [-0.2, 0) is 17.8 Å². The molecule has 38 heavy (non-hydrogen) atoms. The molecule has 2 aromatic heterocycles. The number of fused-ring (bicyclic) bond motifs is 1. The minimum Gasteiger partial charge on any atom is -0.356 e. The predicted octanol–water partition coefficient (Wildman–Crippen LogP) is 6.72. The van der Waals surface area contributed by atoms with Gasteiger partial charge in [-0.3, -0.25) is 9.78 Å². The Bertz CT molecular complexity index is 1540. The van der Waals surface area contributed by atoms with Crippen LogP contribution in [0.5, 0.6) is 0 Å². The van der Waals surface area contributed by atoms with Gasteiger partial charge in [0.25, 0.3) is 0 Å². The van der Waals surface area contributed by atoms with E-state index >= 15 is 4.39 Å². The van der Waals surface area contributed by atoms with Crippen molar-refractivity contribution in [3.63, 3.8) is 0 Å². The molecule has 1 N–H and O–H groups in total. The van der Waals surface area contributed by atoms with E-state index in [1.165, 1.54) is 17.2 Å². The van der Waals surface area contributed by atoms with Crippen molar-refractivity contribution < 1.29 is 9.18 Å². The second-order valence-corrected chi connectivity index (χ2v) is 9.92. The molecule has 3 aromatic carbocycles. The molecule has 5 heteroatoms. The number of para-hydroxylation sites is 1. The molecule has 1 amide bonds. The van der Waals surface area contributed by atoms with E-state index in [4.69, 9.17) is 0 Å². The Morgan fingerprint density at radius 1 is 0.921 bits per heavy atom. The molecule has 0 saturated carbocycles. The highest BCUT2D eigenvalue weighted by Gasteiger charge is 2.25. The average molecular weight is 506 g/mol. The van der Waals surface area contributed by atoms with Gasteiger partial charge in [0.2, 0.25) is 5.91 Å². The van der Waals surface area contributed by atoms with Crippen LogP contribution in [0.2, 0.25) is 0 Å². The van der Waals surface area contributed by atoms with Gasteiger partial charge in [-0.25, -0.2) is 4.39 Å². The zero-order valence-electron chi connectivity index (χ0n) is 21.8. The van der Waals surface area contributed by atoms with Gasteiger partial charge in [0.15, 0.2) is 0 Å². The van der Waals surface area contributed by atoms with E-state index in [0.29, 0.717) is 25.1 Å². The van der Waals surface area contributed by atoms with Gasteiger partial charge in [-0.2, -0.15) is 0 Å². The Morgan fingerprint density at radius 3 is 2.47 bits per heavy atom. The van der Waals surface area contributed by atoms with Crippen molar-refractivity contribution in [1.82, 2.24) is 14.9 Å². The molecule has 4 nitrogen and oxygen atoms in total. The van der Waals surface area contributed by atoms with Crippen molar-refractivity contribution in [2.45, 2.75) is 39.2 Å². The fraction of sp³-hybridized carbons (Fsp3) is 0.212. The smallest absolute Gasteiger partial charge is 0.220 e. The van der Waals surface area contributed by atoms with E-state index in [0.717, 1.165) is 27.7 Å². The first-order valence-corrected chi connectivity index (χ1v) is 13.0. The molecular weight excluding hydrogens is 473 g/mol. The SMILES string of the molecule is Cc1ccc(Cn2cc(C(CC(=O)NCCc3ccccn3)c3cc(C)ccc3F)c3ccccc32)cc1.